The number of ether oxygens (including phenoxy) is 1. The standard InChI is InChI=1S/C17H17F2N3O2/c1-11(13-8-7-12(18)9-14(13)19)21-22-17(23)10-20-15-5-3-4-6-16(15)24-2/h3-9,20H,10H2,1-2H3,(H,22,23)/b21-11+. The van der Waals surface area contributed by atoms with Gasteiger partial charge in [-0.2, -0.15) is 5.10 Å². The molecule has 24 heavy (non-hydrogen) atoms. The summed E-state index contributed by atoms with van der Waals surface area (Å²) in [5, 5.41) is 6.74. The van der Waals surface area contributed by atoms with E-state index < -0.39 is 17.5 Å². The van der Waals surface area contributed by atoms with E-state index in [1.165, 1.54) is 20.1 Å². The van der Waals surface area contributed by atoms with Crippen LogP contribution in [0.4, 0.5) is 14.5 Å². The van der Waals surface area contributed by atoms with Crippen LogP contribution in [0.25, 0.3) is 0 Å². The van der Waals surface area contributed by atoms with Gasteiger partial charge >= 0.3 is 0 Å². The third-order valence-electron chi connectivity index (χ3n) is 3.22. The van der Waals surface area contributed by atoms with Gasteiger partial charge in [0.15, 0.2) is 0 Å². The highest BCUT2D eigenvalue weighted by Crippen LogP contribution is 2.22. The van der Waals surface area contributed by atoms with Crippen LogP contribution in [0.5, 0.6) is 5.75 Å². The summed E-state index contributed by atoms with van der Waals surface area (Å²) < 4.78 is 31.7. The number of carbonyl (C=O) groups is 1. The number of halogens is 2. The van der Waals surface area contributed by atoms with Crippen molar-refractivity contribution in [3.8, 4) is 5.75 Å². The fraction of sp³-hybridized carbons (Fsp3) is 0.176. The van der Waals surface area contributed by atoms with E-state index in [1.807, 2.05) is 12.1 Å². The van der Waals surface area contributed by atoms with Crippen molar-refractivity contribution in [1.29, 1.82) is 0 Å². The van der Waals surface area contributed by atoms with Gasteiger partial charge in [0.05, 0.1) is 25.1 Å². The molecule has 1 amide bonds. The fourth-order valence-electron chi connectivity index (χ4n) is 2.00. The second kappa shape index (κ2) is 8.05. The molecule has 0 aromatic heterocycles. The second-order valence-electron chi connectivity index (χ2n) is 4.91. The van der Waals surface area contributed by atoms with Crippen LogP contribution in [-0.4, -0.2) is 25.3 Å². The zero-order valence-electron chi connectivity index (χ0n) is 13.3. The zero-order valence-corrected chi connectivity index (χ0v) is 13.3. The highest BCUT2D eigenvalue weighted by atomic mass is 19.1. The van der Waals surface area contributed by atoms with Gasteiger partial charge in [0.25, 0.3) is 5.91 Å². The van der Waals surface area contributed by atoms with E-state index in [9.17, 15) is 13.6 Å². The van der Waals surface area contributed by atoms with E-state index in [4.69, 9.17) is 4.74 Å². The summed E-state index contributed by atoms with van der Waals surface area (Å²) in [6.45, 7) is 1.48. The summed E-state index contributed by atoms with van der Waals surface area (Å²) in [6, 6.07) is 10.3. The molecular formula is C17H17F2N3O2. The van der Waals surface area contributed by atoms with Crippen molar-refractivity contribution in [2.75, 3.05) is 19.0 Å². The molecule has 0 aliphatic heterocycles. The lowest BCUT2D eigenvalue weighted by Crippen LogP contribution is -2.27. The number of benzene rings is 2. The number of hydrogen-bond donors (Lipinski definition) is 2. The van der Waals surface area contributed by atoms with Crippen LogP contribution in [-0.2, 0) is 4.79 Å². The van der Waals surface area contributed by atoms with Crippen LogP contribution in [0.3, 0.4) is 0 Å². The van der Waals surface area contributed by atoms with E-state index in [-0.39, 0.29) is 17.8 Å². The molecule has 2 aromatic rings. The van der Waals surface area contributed by atoms with E-state index in [1.54, 1.807) is 12.1 Å². The maximum Gasteiger partial charge on any atom is 0.259 e. The topological polar surface area (TPSA) is 62.7 Å². The summed E-state index contributed by atoms with van der Waals surface area (Å²) in [4.78, 5) is 11.8. The Balaban J connectivity index is 1.94. The molecular weight excluding hydrogens is 316 g/mol. The van der Waals surface area contributed by atoms with Crippen LogP contribution in [0.2, 0.25) is 0 Å². The average molecular weight is 333 g/mol. The van der Waals surface area contributed by atoms with Crippen molar-refractivity contribution in [2.24, 2.45) is 5.10 Å². The molecule has 0 aliphatic rings. The molecule has 0 saturated carbocycles. The van der Waals surface area contributed by atoms with Gasteiger partial charge in [-0.25, -0.2) is 14.2 Å². The molecule has 2 N–H and O–H groups in total. The summed E-state index contributed by atoms with van der Waals surface area (Å²) in [5.41, 5.74) is 3.34. The molecule has 0 unspecified atom stereocenters. The van der Waals surface area contributed by atoms with Crippen LogP contribution in [0.15, 0.2) is 47.6 Å². The lowest BCUT2D eigenvalue weighted by atomic mass is 10.1. The lowest BCUT2D eigenvalue weighted by molar-refractivity contribution is -0.119. The monoisotopic (exact) mass is 333 g/mol. The first-order valence-corrected chi connectivity index (χ1v) is 7.16. The van der Waals surface area contributed by atoms with Gasteiger partial charge in [-0.3, -0.25) is 4.79 Å². The summed E-state index contributed by atoms with van der Waals surface area (Å²) in [6.07, 6.45) is 0. The zero-order chi connectivity index (χ0) is 17.5. The minimum Gasteiger partial charge on any atom is -0.495 e. The molecule has 0 bridgehead atoms. The minimum atomic E-state index is -0.738. The Bertz CT molecular complexity index is 763. The SMILES string of the molecule is COc1ccccc1NCC(=O)N/N=C(\C)c1ccc(F)cc1F. The minimum absolute atomic E-state index is 0.0386. The Kier molecular flexibility index (Phi) is 5.83. The Morgan fingerprint density at radius 2 is 1.96 bits per heavy atom. The number of anilines is 1. The normalized spacial score (nSPS) is 11.1. The molecule has 0 spiro atoms. The fourth-order valence-corrected chi connectivity index (χ4v) is 2.00. The van der Waals surface area contributed by atoms with Gasteiger partial charge in [-0.1, -0.05) is 12.1 Å². The number of hydrazone groups is 1. The van der Waals surface area contributed by atoms with Gasteiger partial charge in [0, 0.05) is 11.6 Å². The van der Waals surface area contributed by atoms with Gasteiger partial charge in [0.1, 0.15) is 17.4 Å². The molecule has 0 saturated heterocycles. The first-order chi connectivity index (χ1) is 11.5. The maximum atomic E-state index is 13.6. The third-order valence-corrected chi connectivity index (χ3v) is 3.22. The van der Waals surface area contributed by atoms with Gasteiger partial charge in [-0.05, 0) is 31.2 Å². The largest absolute Gasteiger partial charge is 0.495 e. The summed E-state index contributed by atoms with van der Waals surface area (Å²) in [7, 11) is 1.53. The lowest BCUT2D eigenvalue weighted by Gasteiger charge is -2.10. The Morgan fingerprint density at radius 3 is 2.67 bits per heavy atom. The predicted molar refractivity (Wildman–Crippen MR) is 88.2 cm³/mol. The van der Waals surface area contributed by atoms with Crippen molar-refractivity contribution in [3.63, 3.8) is 0 Å². The number of amides is 1. The van der Waals surface area contributed by atoms with E-state index in [0.29, 0.717) is 11.4 Å². The van der Waals surface area contributed by atoms with E-state index in [0.717, 1.165) is 12.1 Å². The molecule has 0 heterocycles. The number of para-hydroxylation sites is 2. The quantitative estimate of drug-likeness (QED) is 0.631. The molecule has 0 radical (unpaired) electrons. The summed E-state index contributed by atoms with van der Waals surface area (Å²) >= 11 is 0. The highest BCUT2D eigenvalue weighted by Gasteiger charge is 2.08. The molecule has 2 rings (SSSR count). The van der Waals surface area contributed by atoms with Gasteiger partial charge in [-0.15, -0.1) is 0 Å². The number of nitrogens with one attached hydrogen (secondary N) is 2. The molecule has 126 valence electrons. The maximum absolute atomic E-state index is 13.6. The van der Waals surface area contributed by atoms with Crippen molar-refractivity contribution in [2.45, 2.75) is 6.92 Å². The molecule has 0 atom stereocenters. The number of carbonyl (C=O) groups excluding carboxylic acids is 1. The van der Waals surface area contributed by atoms with Gasteiger partial charge < -0.3 is 10.1 Å². The number of nitrogens with zero attached hydrogens (tertiary/aromatic N) is 1. The van der Waals surface area contributed by atoms with Crippen LogP contribution >= 0.6 is 0 Å². The number of methoxy groups -OCH3 is 1. The van der Waals surface area contributed by atoms with Crippen LogP contribution in [0, 0.1) is 11.6 Å². The Labute approximate surface area is 138 Å². The van der Waals surface area contributed by atoms with E-state index >= 15 is 0 Å². The molecule has 0 aliphatic carbocycles. The Morgan fingerprint density at radius 1 is 1.21 bits per heavy atom. The van der Waals surface area contributed by atoms with Crippen molar-refractivity contribution in [3.05, 3.63) is 59.7 Å². The molecule has 2 aromatic carbocycles. The van der Waals surface area contributed by atoms with Crippen molar-refractivity contribution < 1.29 is 18.3 Å². The first-order valence-electron chi connectivity index (χ1n) is 7.16. The van der Waals surface area contributed by atoms with Gasteiger partial charge in [0.2, 0.25) is 0 Å². The van der Waals surface area contributed by atoms with Crippen molar-refractivity contribution in [1.82, 2.24) is 5.43 Å². The molecule has 0 fully saturated rings. The summed E-state index contributed by atoms with van der Waals surface area (Å²) in [5.74, 6) is -1.21. The molecule has 7 heteroatoms. The third kappa shape index (κ3) is 4.52. The molecule has 5 nitrogen and oxygen atoms in total. The predicted octanol–water partition coefficient (Wildman–Crippen LogP) is 2.93. The average Bonchev–Trinajstić information content (AvgIpc) is 2.58. The smallest absolute Gasteiger partial charge is 0.259 e. The number of rotatable bonds is 6. The first kappa shape index (κ1) is 17.4. The highest BCUT2D eigenvalue weighted by molar-refractivity contribution is 5.99. The van der Waals surface area contributed by atoms with Crippen LogP contribution in [0.1, 0.15) is 12.5 Å². The van der Waals surface area contributed by atoms with Crippen molar-refractivity contribution >= 4 is 17.3 Å². The Hall–Kier alpha value is -2.96. The van der Waals surface area contributed by atoms with Crippen LogP contribution < -0.4 is 15.5 Å². The number of hydrogen-bond acceptors (Lipinski definition) is 4. The second-order valence-corrected chi connectivity index (χ2v) is 4.91. The van der Waals surface area contributed by atoms with E-state index in [2.05, 4.69) is 15.8 Å².